The molecule has 1 saturated carbocycles. The molecular formula is C25H40N4O3. The van der Waals surface area contributed by atoms with Crippen LogP contribution < -0.4 is 9.47 Å². The summed E-state index contributed by atoms with van der Waals surface area (Å²) in [5.74, 6) is 1.36. The third-order valence-corrected chi connectivity index (χ3v) is 6.52. The Morgan fingerprint density at radius 3 is 2.53 bits per heavy atom. The summed E-state index contributed by atoms with van der Waals surface area (Å²) in [5, 5.41) is 17.8. The van der Waals surface area contributed by atoms with Crippen LogP contribution in [0, 0.1) is 13.8 Å². The number of rotatable bonds is 11. The molecule has 178 valence electrons. The third kappa shape index (κ3) is 6.70. The molecule has 0 aliphatic heterocycles. The number of nitrogens with zero attached hydrogens (tertiary/aromatic N) is 3. The normalized spacial score (nSPS) is 16.0. The molecule has 7 heteroatoms. The van der Waals surface area contributed by atoms with Crippen LogP contribution in [0.15, 0.2) is 18.2 Å². The summed E-state index contributed by atoms with van der Waals surface area (Å²) < 4.78 is 11.5. The van der Waals surface area contributed by atoms with Crippen molar-refractivity contribution in [3.05, 3.63) is 40.7 Å². The highest BCUT2D eigenvalue weighted by Gasteiger charge is 2.20. The predicted molar refractivity (Wildman–Crippen MR) is 127 cm³/mol. The first-order valence-corrected chi connectivity index (χ1v) is 11.7. The van der Waals surface area contributed by atoms with E-state index in [1.54, 1.807) is 7.11 Å². The van der Waals surface area contributed by atoms with Crippen molar-refractivity contribution in [3.8, 4) is 11.5 Å². The summed E-state index contributed by atoms with van der Waals surface area (Å²) in [6.07, 6.45) is 5.85. The van der Waals surface area contributed by atoms with E-state index < -0.39 is 6.10 Å². The maximum atomic E-state index is 10.5. The van der Waals surface area contributed by atoms with E-state index in [4.69, 9.17) is 9.47 Å². The molecule has 1 fully saturated rings. The van der Waals surface area contributed by atoms with Crippen molar-refractivity contribution in [2.45, 2.75) is 71.2 Å². The Morgan fingerprint density at radius 1 is 1.12 bits per heavy atom. The van der Waals surface area contributed by atoms with Crippen molar-refractivity contribution in [3.63, 3.8) is 0 Å². The molecule has 7 nitrogen and oxygen atoms in total. The molecule has 0 saturated heterocycles. The molecule has 32 heavy (non-hydrogen) atoms. The minimum Gasteiger partial charge on any atom is -0.493 e. The predicted octanol–water partition coefficient (Wildman–Crippen LogP) is 3.67. The van der Waals surface area contributed by atoms with Gasteiger partial charge in [0.2, 0.25) is 0 Å². The number of benzene rings is 1. The zero-order valence-electron chi connectivity index (χ0n) is 20.4. The van der Waals surface area contributed by atoms with Crippen LogP contribution >= 0.6 is 0 Å². The van der Waals surface area contributed by atoms with Gasteiger partial charge in [-0.25, -0.2) is 0 Å². The van der Waals surface area contributed by atoms with Gasteiger partial charge in [-0.1, -0.05) is 25.3 Å². The van der Waals surface area contributed by atoms with Crippen LogP contribution in [-0.2, 0) is 13.1 Å². The number of ether oxygens (including phenoxy) is 2. The van der Waals surface area contributed by atoms with Crippen molar-refractivity contribution < 1.29 is 14.6 Å². The molecule has 0 spiro atoms. The molecule has 0 unspecified atom stereocenters. The fraction of sp³-hybridized carbons (Fsp3) is 0.640. The van der Waals surface area contributed by atoms with Crippen molar-refractivity contribution in [1.29, 1.82) is 0 Å². The van der Waals surface area contributed by atoms with E-state index in [-0.39, 0.29) is 6.61 Å². The standard InChI is InChI=1S/C25H40N4O3/c1-18-23(19(2)27-26-18)16-28(3)14-20-11-12-24(25(13-20)31-5)32-17-22(30)15-29(4)21-9-7-6-8-10-21/h11-13,21-22,30H,6-10,14-17H2,1-5H3,(H,26,27)/t22-/m0/s1. The van der Waals surface area contributed by atoms with Gasteiger partial charge in [-0.3, -0.25) is 10.00 Å². The number of aliphatic hydroxyl groups excluding tert-OH is 1. The lowest BCUT2D eigenvalue weighted by Gasteiger charge is -2.32. The molecule has 2 aromatic rings. The highest BCUT2D eigenvalue weighted by Crippen LogP contribution is 2.29. The first-order chi connectivity index (χ1) is 15.4. The highest BCUT2D eigenvalue weighted by atomic mass is 16.5. The molecule has 1 aliphatic rings. The Bertz CT molecular complexity index is 828. The van der Waals surface area contributed by atoms with Crippen LogP contribution in [0.1, 0.15) is 54.6 Å². The Morgan fingerprint density at radius 2 is 1.88 bits per heavy atom. The van der Waals surface area contributed by atoms with Crippen LogP contribution in [0.25, 0.3) is 0 Å². The number of aliphatic hydroxyl groups is 1. The van der Waals surface area contributed by atoms with Gasteiger partial charge in [0.1, 0.15) is 12.7 Å². The topological polar surface area (TPSA) is 73.8 Å². The molecule has 0 radical (unpaired) electrons. The molecule has 3 rings (SSSR count). The van der Waals surface area contributed by atoms with Crippen LogP contribution in [0.2, 0.25) is 0 Å². The van der Waals surface area contributed by atoms with E-state index in [0.29, 0.717) is 24.1 Å². The van der Waals surface area contributed by atoms with Crippen LogP contribution in [0.4, 0.5) is 0 Å². The zero-order valence-corrected chi connectivity index (χ0v) is 20.4. The summed E-state index contributed by atoms with van der Waals surface area (Å²) in [6.45, 7) is 6.59. The van der Waals surface area contributed by atoms with E-state index in [9.17, 15) is 5.11 Å². The largest absolute Gasteiger partial charge is 0.493 e. The van der Waals surface area contributed by atoms with Gasteiger partial charge in [0.05, 0.1) is 12.8 Å². The van der Waals surface area contributed by atoms with Gasteiger partial charge in [0.25, 0.3) is 0 Å². The highest BCUT2D eigenvalue weighted by molar-refractivity contribution is 5.43. The molecular weight excluding hydrogens is 404 g/mol. The van der Waals surface area contributed by atoms with Crippen molar-refractivity contribution in [2.75, 3.05) is 34.4 Å². The lowest BCUT2D eigenvalue weighted by Crippen LogP contribution is -2.40. The summed E-state index contributed by atoms with van der Waals surface area (Å²) >= 11 is 0. The molecule has 2 N–H and O–H groups in total. The molecule has 1 atom stereocenters. The van der Waals surface area contributed by atoms with Gasteiger partial charge in [-0.2, -0.15) is 5.10 Å². The Hall–Kier alpha value is -2.09. The fourth-order valence-corrected chi connectivity index (χ4v) is 4.62. The average Bonchev–Trinajstić information content (AvgIpc) is 3.10. The number of likely N-dealkylation sites (N-methyl/N-ethyl adjacent to an activating group) is 1. The van der Waals surface area contributed by atoms with Gasteiger partial charge in [0, 0.05) is 36.9 Å². The second-order valence-electron chi connectivity index (χ2n) is 9.27. The smallest absolute Gasteiger partial charge is 0.161 e. The van der Waals surface area contributed by atoms with E-state index >= 15 is 0 Å². The van der Waals surface area contributed by atoms with E-state index in [1.165, 1.54) is 37.7 Å². The van der Waals surface area contributed by atoms with Gasteiger partial charge in [0.15, 0.2) is 11.5 Å². The number of hydrogen-bond acceptors (Lipinski definition) is 6. The number of aryl methyl sites for hydroxylation is 2. The SMILES string of the molecule is COc1cc(CN(C)Cc2c(C)n[nH]c2C)ccc1OC[C@@H](O)CN(C)C1CCCCC1. The molecule has 1 aromatic heterocycles. The van der Waals surface area contributed by atoms with Crippen LogP contribution in [0.3, 0.4) is 0 Å². The van der Waals surface area contributed by atoms with Crippen molar-refractivity contribution in [2.24, 2.45) is 0 Å². The van der Waals surface area contributed by atoms with Gasteiger partial charge < -0.3 is 19.5 Å². The lowest BCUT2D eigenvalue weighted by atomic mass is 9.94. The second kappa shape index (κ2) is 11.7. The van der Waals surface area contributed by atoms with E-state index in [1.807, 2.05) is 19.1 Å². The monoisotopic (exact) mass is 444 g/mol. The Labute approximate surface area is 192 Å². The number of hydrogen-bond donors (Lipinski definition) is 2. The van der Waals surface area contributed by atoms with Gasteiger partial charge >= 0.3 is 0 Å². The maximum Gasteiger partial charge on any atom is 0.161 e. The van der Waals surface area contributed by atoms with Gasteiger partial charge in [-0.15, -0.1) is 0 Å². The third-order valence-electron chi connectivity index (χ3n) is 6.52. The average molecular weight is 445 g/mol. The van der Waals surface area contributed by atoms with Gasteiger partial charge in [-0.05, 0) is 58.5 Å². The van der Waals surface area contributed by atoms with Crippen molar-refractivity contribution >= 4 is 0 Å². The number of methoxy groups -OCH3 is 1. The number of aromatic amines is 1. The summed E-state index contributed by atoms with van der Waals surface area (Å²) in [4.78, 5) is 4.54. The number of aromatic nitrogens is 2. The minimum atomic E-state index is -0.529. The molecule has 0 amide bonds. The first kappa shape index (κ1) is 24.6. The Kier molecular flexibility index (Phi) is 8.96. The lowest BCUT2D eigenvalue weighted by molar-refractivity contribution is 0.0553. The molecule has 1 aliphatic carbocycles. The zero-order chi connectivity index (χ0) is 23.1. The molecule has 1 heterocycles. The fourth-order valence-electron chi connectivity index (χ4n) is 4.62. The van der Waals surface area contributed by atoms with Crippen LogP contribution in [-0.4, -0.2) is 71.6 Å². The summed E-state index contributed by atoms with van der Waals surface area (Å²) in [7, 11) is 5.86. The summed E-state index contributed by atoms with van der Waals surface area (Å²) in [5.41, 5.74) is 4.55. The summed E-state index contributed by atoms with van der Waals surface area (Å²) in [6, 6.07) is 6.60. The van der Waals surface area contributed by atoms with E-state index in [0.717, 1.165) is 30.0 Å². The number of H-pyrrole nitrogens is 1. The van der Waals surface area contributed by atoms with Crippen molar-refractivity contribution in [1.82, 2.24) is 20.0 Å². The quantitative estimate of drug-likeness (QED) is 0.551. The molecule has 0 bridgehead atoms. The van der Waals surface area contributed by atoms with Crippen LogP contribution in [0.5, 0.6) is 11.5 Å². The Balaban J connectivity index is 1.52. The minimum absolute atomic E-state index is 0.256. The number of nitrogens with one attached hydrogen (secondary N) is 1. The first-order valence-electron chi connectivity index (χ1n) is 11.7. The maximum absolute atomic E-state index is 10.5. The molecule has 1 aromatic carbocycles. The van der Waals surface area contributed by atoms with E-state index in [2.05, 4.69) is 47.1 Å². The second-order valence-corrected chi connectivity index (χ2v) is 9.27.